The van der Waals surface area contributed by atoms with Crippen molar-refractivity contribution in [2.45, 2.75) is 12.8 Å². The van der Waals surface area contributed by atoms with Crippen LogP contribution in [0, 0.1) is 5.82 Å². The van der Waals surface area contributed by atoms with E-state index in [-0.39, 0.29) is 17.6 Å². The molecule has 3 rings (SSSR count). The van der Waals surface area contributed by atoms with Gasteiger partial charge in [-0.05, 0) is 37.1 Å². The van der Waals surface area contributed by atoms with E-state index in [2.05, 4.69) is 10.1 Å². The summed E-state index contributed by atoms with van der Waals surface area (Å²) in [5, 5.41) is 3.75. The Hall–Kier alpha value is -2.24. The van der Waals surface area contributed by atoms with Crippen LogP contribution in [0.5, 0.6) is 0 Å². The minimum absolute atomic E-state index is 0.0128. The average molecular weight is 261 g/mol. The van der Waals surface area contributed by atoms with Gasteiger partial charge in [0.2, 0.25) is 5.82 Å². The van der Waals surface area contributed by atoms with Crippen molar-refractivity contribution in [3.8, 4) is 11.4 Å². The number of hydrogen-bond acceptors (Lipinski definition) is 4. The van der Waals surface area contributed by atoms with Crippen LogP contribution in [-0.4, -0.2) is 34.0 Å². The third-order valence-electron chi connectivity index (χ3n) is 3.10. The Kier molecular flexibility index (Phi) is 2.98. The van der Waals surface area contributed by atoms with Gasteiger partial charge in [0.15, 0.2) is 0 Å². The quantitative estimate of drug-likeness (QED) is 0.830. The summed E-state index contributed by atoms with van der Waals surface area (Å²) in [6.45, 7) is 1.46. The summed E-state index contributed by atoms with van der Waals surface area (Å²) in [6, 6.07) is 5.72. The zero-order valence-electron chi connectivity index (χ0n) is 10.2. The Labute approximate surface area is 109 Å². The van der Waals surface area contributed by atoms with Gasteiger partial charge in [-0.25, -0.2) is 4.39 Å². The number of nitrogens with zero attached hydrogens (tertiary/aromatic N) is 3. The second-order valence-electron chi connectivity index (χ2n) is 4.43. The molecule has 1 aromatic carbocycles. The minimum atomic E-state index is -0.333. The molecule has 0 N–H and O–H groups in total. The van der Waals surface area contributed by atoms with Crippen molar-refractivity contribution < 1.29 is 13.7 Å². The number of aromatic nitrogens is 2. The lowest BCUT2D eigenvalue weighted by Gasteiger charge is -2.10. The summed E-state index contributed by atoms with van der Waals surface area (Å²) < 4.78 is 17.8. The van der Waals surface area contributed by atoms with E-state index in [9.17, 15) is 9.18 Å². The summed E-state index contributed by atoms with van der Waals surface area (Å²) in [7, 11) is 0. The van der Waals surface area contributed by atoms with Crippen LogP contribution in [0.2, 0.25) is 0 Å². The van der Waals surface area contributed by atoms with E-state index in [0.717, 1.165) is 25.9 Å². The molecule has 1 aliphatic rings. The van der Waals surface area contributed by atoms with Crippen LogP contribution < -0.4 is 0 Å². The van der Waals surface area contributed by atoms with Crippen LogP contribution in [0.4, 0.5) is 4.39 Å². The highest BCUT2D eigenvalue weighted by molar-refractivity contribution is 5.90. The van der Waals surface area contributed by atoms with Crippen LogP contribution in [0.15, 0.2) is 28.8 Å². The van der Waals surface area contributed by atoms with Crippen molar-refractivity contribution in [2.75, 3.05) is 13.1 Å². The number of carbonyl (C=O) groups excluding carboxylic acids is 1. The second-order valence-corrected chi connectivity index (χ2v) is 4.43. The highest BCUT2D eigenvalue weighted by Crippen LogP contribution is 2.18. The van der Waals surface area contributed by atoms with E-state index in [4.69, 9.17) is 4.52 Å². The van der Waals surface area contributed by atoms with Gasteiger partial charge in [-0.15, -0.1) is 0 Å². The lowest BCUT2D eigenvalue weighted by Crippen LogP contribution is -2.27. The van der Waals surface area contributed by atoms with Crippen LogP contribution in [0.3, 0.4) is 0 Å². The normalized spacial score (nSPS) is 14.9. The van der Waals surface area contributed by atoms with Gasteiger partial charge < -0.3 is 9.42 Å². The number of carbonyl (C=O) groups is 1. The Morgan fingerprint density at radius 3 is 2.58 bits per heavy atom. The number of rotatable bonds is 2. The van der Waals surface area contributed by atoms with E-state index in [1.807, 2.05) is 0 Å². The van der Waals surface area contributed by atoms with Crippen molar-refractivity contribution >= 4 is 5.91 Å². The van der Waals surface area contributed by atoms with Crippen molar-refractivity contribution in [1.29, 1.82) is 0 Å². The molecular formula is C13H12FN3O2. The van der Waals surface area contributed by atoms with E-state index < -0.39 is 0 Å². The van der Waals surface area contributed by atoms with E-state index in [0.29, 0.717) is 11.4 Å². The fourth-order valence-corrected chi connectivity index (χ4v) is 2.08. The summed E-state index contributed by atoms with van der Waals surface area (Å²) in [6.07, 6.45) is 2.01. The van der Waals surface area contributed by atoms with Gasteiger partial charge in [-0.1, -0.05) is 5.16 Å². The molecule has 5 nitrogen and oxygen atoms in total. The summed E-state index contributed by atoms with van der Waals surface area (Å²) in [5.41, 5.74) is 0.616. The molecule has 1 fully saturated rings. The fourth-order valence-electron chi connectivity index (χ4n) is 2.08. The van der Waals surface area contributed by atoms with Crippen LogP contribution in [-0.2, 0) is 0 Å². The first-order valence-electron chi connectivity index (χ1n) is 6.13. The number of amides is 1. The monoisotopic (exact) mass is 261 g/mol. The topological polar surface area (TPSA) is 59.2 Å². The summed E-state index contributed by atoms with van der Waals surface area (Å²) in [5.74, 6) is -0.289. The van der Waals surface area contributed by atoms with Gasteiger partial charge in [0.05, 0.1) is 0 Å². The van der Waals surface area contributed by atoms with Gasteiger partial charge in [0, 0.05) is 18.7 Å². The molecule has 0 saturated carbocycles. The molecule has 2 heterocycles. The average Bonchev–Trinajstić information content (AvgIpc) is 3.10. The molecule has 0 aliphatic carbocycles. The Balaban J connectivity index is 1.82. The number of likely N-dealkylation sites (tertiary alicyclic amines) is 1. The zero-order chi connectivity index (χ0) is 13.2. The molecule has 1 aliphatic heterocycles. The second kappa shape index (κ2) is 4.79. The van der Waals surface area contributed by atoms with Gasteiger partial charge in [0.1, 0.15) is 5.82 Å². The largest absolute Gasteiger partial charge is 0.334 e. The third kappa shape index (κ3) is 2.33. The lowest BCUT2D eigenvalue weighted by molar-refractivity contribution is 0.0743. The number of halogens is 1. The van der Waals surface area contributed by atoms with Crippen LogP contribution in [0.25, 0.3) is 11.4 Å². The number of benzene rings is 1. The van der Waals surface area contributed by atoms with Crippen molar-refractivity contribution in [1.82, 2.24) is 15.0 Å². The molecule has 0 radical (unpaired) electrons. The van der Waals surface area contributed by atoms with Gasteiger partial charge in [-0.2, -0.15) is 4.98 Å². The maximum absolute atomic E-state index is 12.8. The Morgan fingerprint density at radius 1 is 1.21 bits per heavy atom. The SMILES string of the molecule is O=C(c1nc(-c2ccc(F)cc2)no1)N1CCCC1. The van der Waals surface area contributed by atoms with E-state index >= 15 is 0 Å². The van der Waals surface area contributed by atoms with E-state index in [1.54, 1.807) is 17.0 Å². The zero-order valence-corrected chi connectivity index (χ0v) is 10.2. The molecular weight excluding hydrogens is 249 g/mol. The highest BCUT2D eigenvalue weighted by atomic mass is 19.1. The third-order valence-corrected chi connectivity index (χ3v) is 3.10. The van der Waals surface area contributed by atoms with Crippen molar-refractivity contribution in [2.24, 2.45) is 0 Å². The maximum atomic E-state index is 12.8. The molecule has 6 heteroatoms. The van der Waals surface area contributed by atoms with Crippen molar-refractivity contribution in [3.05, 3.63) is 36.0 Å². The highest BCUT2D eigenvalue weighted by Gasteiger charge is 2.24. The number of hydrogen-bond donors (Lipinski definition) is 0. The molecule has 0 bridgehead atoms. The first kappa shape index (κ1) is 11.8. The Morgan fingerprint density at radius 2 is 1.89 bits per heavy atom. The maximum Gasteiger partial charge on any atom is 0.316 e. The van der Waals surface area contributed by atoms with Crippen molar-refractivity contribution in [3.63, 3.8) is 0 Å². The molecule has 0 unspecified atom stereocenters. The van der Waals surface area contributed by atoms with Gasteiger partial charge in [0.25, 0.3) is 0 Å². The minimum Gasteiger partial charge on any atom is -0.334 e. The molecule has 98 valence electrons. The predicted molar refractivity (Wildman–Crippen MR) is 64.8 cm³/mol. The van der Waals surface area contributed by atoms with Gasteiger partial charge >= 0.3 is 11.8 Å². The molecule has 0 atom stereocenters. The standard InChI is InChI=1S/C13H12FN3O2/c14-10-5-3-9(4-6-10)11-15-12(19-16-11)13(18)17-7-1-2-8-17/h3-6H,1-2,7-8H2. The molecule has 2 aromatic rings. The molecule has 19 heavy (non-hydrogen) atoms. The Bertz CT molecular complexity index is 588. The molecule has 1 saturated heterocycles. The fraction of sp³-hybridized carbons (Fsp3) is 0.308. The predicted octanol–water partition coefficient (Wildman–Crippen LogP) is 2.11. The van der Waals surface area contributed by atoms with Gasteiger partial charge in [-0.3, -0.25) is 4.79 Å². The summed E-state index contributed by atoms with van der Waals surface area (Å²) in [4.78, 5) is 17.8. The summed E-state index contributed by atoms with van der Waals surface area (Å²) >= 11 is 0. The van der Waals surface area contributed by atoms with Crippen LogP contribution in [0.1, 0.15) is 23.5 Å². The first-order valence-corrected chi connectivity index (χ1v) is 6.13. The lowest BCUT2D eigenvalue weighted by atomic mass is 10.2. The molecule has 1 amide bonds. The smallest absolute Gasteiger partial charge is 0.316 e. The van der Waals surface area contributed by atoms with Crippen LogP contribution >= 0.6 is 0 Å². The molecule has 0 spiro atoms. The van der Waals surface area contributed by atoms with E-state index in [1.165, 1.54) is 12.1 Å². The first-order chi connectivity index (χ1) is 9.24. The molecule has 1 aromatic heterocycles.